The minimum Gasteiger partial charge on any atom is -0.322 e. The minimum atomic E-state index is -3.32. The summed E-state index contributed by atoms with van der Waals surface area (Å²) in [5, 5.41) is 3.09. The van der Waals surface area contributed by atoms with Crippen LogP contribution in [0.5, 0.6) is 0 Å². The van der Waals surface area contributed by atoms with E-state index in [9.17, 15) is 13.2 Å². The summed E-state index contributed by atoms with van der Waals surface area (Å²) in [5.41, 5.74) is 2.32. The number of anilines is 2. The maximum Gasteiger partial charge on any atom is 0.257 e. The lowest BCUT2D eigenvalue weighted by atomic mass is 10.1. The molecule has 2 N–H and O–H groups in total. The van der Waals surface area contributed by atoms with Crippen molar-refractivity contribution in [2.45, 2.75) is 6.92 Å². The zero-order valence-electron chi connectivity index (χ0n) is 12.1. The van der Waals surface area contributed by atoms with Gasteiger partial charge >= 0.3 is 0 Å². The molecule has 116 valence electrons. The summed E-state index contributed by atoms with van der Waals surface area (Å²) in [4.78, 5) is 12.2. The Labute approximate surface area is 134 Å². The Kier molecular flexibility index (Phi) is 4.73. The van der Waals surface area contributed by atoms with Crippen LogP contribution in [0.3, 0.4) is 0 Å². The van der Waals surface area contributed by atoms with Gasteiger partial charge in [-0.25, -0.2) is 8.42 Å². The van der Waals surface area contributed by atoms with Gasteiger partial charge in [0.25, 0.3) is 5.91 Å². The van der Waals surface area contributed by atoms with Crippen molar-refractivity contribution in [2.75, 3.05) is 16.3 Å². The van der Waals surface area contributed by atoms with Gasteiger partial charge in [-0.2, -0.15) is 0 Å². The van der Waals surface area contributed by atoms with Crippen molar-refractivity contribution >= 4 is 38.9 Å². The Hall–Kier alpha value is -2.05. The maximum absolute atomic E-state index is 12.2. The predicted octanol–water partition coefficient (Wildman–Crippen LogP) is 3.27. The van der Waals surface area contributed by atoms with Crippen LogP contribution in [0.2, 0.25) is 5.02 Å². The number of carbonyl (C=O) groups is 1. The first-order valence-electron chi connectivity index (χ1n) is 6.40. The van der Waals surface area contributed by atoms with Crippen LogP contribution in [0, 0.1) is 6.92 Å². The van der Waals surface area contributed by atoms with E-state index in [0.29, 0.717) is 22.0 Å². The molecule has 1 amide bonds. The van der Waals surface area contributed by atoms with E-state index < -0.39 is 10.0 Å². The molecule has 0 aliphatic heterocycles. The lowest BCUT2D eigenvalue weighted by Gasteiger charge is -2.09. The highest BCUT2D eigenvalue weighted by Crippen LogP contribution is 2.20. The average Bonchev–Trinajstić information content (AvgIpc) is 2.39. The van der Waals surface area contributed by atoms with Crippen LogP contribution in [0.1, 0.15) is 15.9 Å². The fourth-order valence-corrected chi connectivity index (χ4v) is 2.72. The molecule has 0 bridgehead atoms. The molecule has 2 rings (SSSR count). The van der Waals surface area contributed by atoms with Crippen molar-refractivity contribution in [1.82, 2.24) is 0 Å². The molecule has 0 saturated carbocycles. The summed E-state index contributed by atoms with van der Waals surface area (Å²) in [5.74, 6) is -0.325. The second-order valence-electron chi connectivity index (χ2n) is 4.89. The molecule has 0 aliphatic rings. The van der Waals surface area contributed by atoms with E-state index in [1.807, 2.05) is 6.92 Å². The third-order valence-corrected chi connectivity index (χ3v) is 3.73. The van der Waals surface area contributed by atoms with Gasteiger partial charge < -0.3 is 5.32 Å². The lowest BCUT2D eigenvalue weighted by Crippen LogP contribution is -2.13. The van der Waals surface area contributed by atoms with E-state index in [4.69, 9.17) is 11.6 Å². The number of halogens is 1. The molecule has 2 aromatic carbocycles. The van der Waals surface area contributed by atoms with Gasteiger partial charge in [-0.1, -0.05) is 17.7 Å². The Morgan fingerprint density at radius 2 is 1.64 bits per heavy atom. The topological polar surface area (TPSA) is 75.3 Å². The number of amides is 1. The van der Waals surface area contributed by atoms with Crippen LogP contribution < -0.4 is 10.0 Å². The molecule has 0 saturated heterocycles. The van der Waals surface area contributed by atoms with Crippen LogP contribution in [0.15, 0.2) is 42.5 Å². The SMILES string of the molecule is Cc1ccc(C(=O)Nc2ccc(NS(C)(=O)=O)cc2)c(Cl)c1. The summed E-state index contributed by atoms with van der Waals surface area (Å²) in [6.45, 7) is 1.89. The fourth-order valence-electron chi connectivity index (χ4n) is 1.84. The first-order chi connectivity index (χ1) is 10.2. The van der Waals surface area contributed by atoms with Crippen molar-refractivity contribution in [1.29, 1.82) is 0 Å². The molecule has 0 aromatic heterocycles. The smallest absolute Gasteiger partial charge is 0.257 e. The molecule has 0 spiro atoms. The molecule has 0 radical (unpaired) electrons. The minimum absolute atomic E-state index is 0.325. The molecule has 0 heterocycles. The standard InChI is InChI=1S/C15H15ClN2O3S/c1-10-3-8-13(14(16)9-10)15(19)17-11-4-6-12(7-5-11)18-22(2,20)21/h3-9,18H,1-2H3,(H,17,19). The van der Waals surface area contributed by atoms with E-state index in [1.165, 1.54) is 0 Å². The van der Waals surface area contributed by atoms with Crippen molar-refractivity contribution in [3.05, 3.63) is 58.6 Å². The highest BCUT2D eigenvalue weighted by Gasteiger charge is 2.10. The number of hydrogen-bond donors (Lipinski definition) is 2. The van der Waals surface area contributed by atoms with Gasteiger partial charge in [0, 0.05) is 11.4 Å². The molecular formula is C15H15ClN2O3S. The van der Waals surface area contributed by atoms with Gasteiger partial charge in [0.15, 0.2) is 0 Å². The number of benzene rings is 2. The van der Waals surface area contributed by atoms with Crippen LogP contribution in [-0.2, 0) is 10.0 Å². The molecule has 2 aromatic rings. The van der Waals surface area contributed by atoms with Gasteiger partial charge in [0.2, 0.25) is 10.0 Å². The zero-order valence-corrected chi connectivity index (χ0v) is 13.6. The Balaban J connectivity index is 2.12. The summed E-state index contributed by atoms with van der Waals surface area (Å²) in [7, 11) is -3.32. The van der Waals surface area contributed by atoms with Crippen molar-refractivity contribution in [3.63, 3.8) is 0 Å². The molecule has 0 unspecified atom stereocenters. The number of hydrogen-bond acceptors (Lipinski definition) is 3. The van der Waals surface area contributed by atoms with Gasteiger partial charge in [0.1, 0.15) is 0 Å². The largest absolute Gasteiger partial charge is 0.322 e. The summed E-state index contributed by atoms with van der Waals surface area (Å²) >= 11 is 6.05. The average molecular weight is 339 g/mol. The second kappa shape index (κ2) is 6.37. The normalized spacial score (nSPS) is 11.0. The van der Waals surface area contributed by atoms with E-state index in [0.717, 1.165) is 11.8 Å². The van der Waals surface area contributed by atoms with Gasteiger partial charge in [-0.05, 0) is 48.9 Å². The van der Waals surface area contributed by atoms with Crippen LogP contribution >= 0.6 is 11.6 Å². The van der Waals surface area contributed by atoms with Crippen LogP contribution in [0.4, 0.5) is 11.4 Å². The quantitative estimate of drug-likeness (QED) is 0.898. The summed E-state index contributed by atoms with van der Waals surface area (Å²) in [6, 6.07) is 11.5. The fraction of sp³-hybridized carbons (Fsp3) is 0.133. The lowest BCUT2D eigenvalue weighted by molar-refractivity contribution is 0.102. The van der Waals surface area contributed by atoms with E-state index >= 15 is 0 Å². The van der Waals surface area contributed by atoms with Crippen LogP contribution in [-0.4, -0.2) is 20.6 Å². The zero-order chi connectivity index (χ0) is 16.3. The molecule has 0 aliphatic carbocycles. The van der Waals surface area contributed by atoms with Gasteiger partial charge in [-0.15, -0.1) is 0 Å². The predicted molar refractivity (Wildman–Crippen MR) is 89.1 cm³/mol. The Morgan fingerprint density at radius 3 is 2.18 bits per heavy atom. The molecular weight excluding hydrogens is 324 g/mol. The summed E-state index contributed by atoms with van der Waals surface area (Å²) < 4.78 is 24.6. The summed E-state index contributed by atoms with van der Waals surface area (Å²) in [6.07, 6.45) is 1.07. The third kappa shape index (κ3) is 4.47. The third-order valence-electron chi connectivity index (χ3n) is 2.82. The van der Waals surface area contributed by atoms with E-state index in [-0.39, 0.29) is 5.91 Å². The van der Waals surface area contributed by atoms with E-state index in [2.05, 4.69) is 10.0 Å². The number of carbonyl (C=O) groups excluding carboxylic acids is 1. The second-order valence-corrected chi connectivity index (χ2v) is 7.04. The van der Waals surface area contributed by atoms with Gasteiger partial charge in [0.05, 0.1) is 16.8 Å². The molecule has 5 nitrogen and oxygen atoms in total. The molecule has 0 fully saturated rings. The highest BCUT2D eigenvalue weighted by molar-refractivity contribution is 7.92. The van der Waals surface area contributed by atoms with Crippen molar-refractivity contribution in [3.8, 4) is 0 Å². The van der Waals surface area contributed by atoms with Crippen LogP contribution in [0.25, 0.3) is 0 Å². The van der Waals surface area contributed by atoms with Gasteiger partial charge in [-0.3, -0.25) is 9.52 Å². The first kappa shape index (κ1) is 16.3. The number of rotatable bonds is 4. The Morgan fingerprint density at radius 1 is 1.05 bits per heavy atom. The maximum atomic E-state index is 12.2. The number of nitrogens with one attached hydrogen (secondary N) is 2. The van der Waals surface area contributed by atoms with Crippen molar-refractivity contribution < 1.29 is 13.2 Å². The van der Waals surface area contributed by atoms with E-state index in [1.54, 1.807) is 42.5 Å². The number of aryl methyl sites for hydroxylation is 1. The number of sulfonamides is 1. The monoisotopic (exact) mass is 338 g/mol. The first-order valence-corrected chi connectivity index (χ1v) is 8.67. The van der Waals surface area contributed by atoms with Crippen molar-refractivity contribution in [2.24, 2.45) is 0 Å². The molecule has 7 heteroatoms. The molecule has 0 atom stereocenters. The highest BCUT2D eigenvalue weighted by atomic mass is 35.5. The Bertz CT molecular complexity index is 802. The molecule has 22 heavy (non-hydrogen) atoms.